The van der Waals surface area contributed by atoms with Crippen LogP contribution in [0.3, 0.4) is 0 Å². The highest BCUT2D eigenvalue weighted by atomic mass is 32.2. The summed E-state index contributed by atoms with van der Waals surface area (Å²) in [6.07, 6.45) is 4.15. The highest BCUT2D eigenvalue weighted by Crippen LogP contribution is 2.35. The van der Waals surface area contributed by atoms with Crippen molar-refractivity contribution in [3.63, 3.8) is 0 Å². The van der Waals surface area contributed by atoms with Gasteiger partial charge in [0.2, 0.25) is 5.91 Å². The Morgan fingerprint density at radius 2 is 2.19 bits per heavy atom. The van der Waals surface area contributed by atoms with Gasteiger partial charge in [0.1, 0.15) is 10.6 Å². The average Bonchev–Trinajstić information content (AvgIpc) is 3.05. The summed E-state index contributed by atoms with van der Waals surface area (Å²) in [5.41, 5.74) is 7.02. The first kappa shape index (κ1) is 18.1. The van der Waals surface area contributed by atoms with Crippen LogP contribution in [0.1, 0.15) is 23.3 Å². The van der Waals surface area contributed by atoms with Crippen molar-refractivity contribution in [1.82, 2.24) is 9.55 Å². The number of methoxy groups -OCH3 is 1. The first-order chi connectivity index (χ1) is 13.1. The van der Waals surface area contributed by atoms with Crippen LogP contribution >= 0.6 is 23.1 Å². The number of benzene rings is 1. The number of ether oxygens (including phenoxy) is 1. The number of carbonyl (C=O) groups is 1. The molecule has 1 aliphatic carbocycles. The summed E-state index contributed by atoms with van der Waals surface area (Å²) in [5, 5.41) is 1.18. The van der Waals surface area contributed by atoms with Gasteiger partial charge in [0, 0.05) is 10.9 Å². The summed E-state index contributed by atoms with van der Waals surface area (Å²) < 4.78 is 6.87. The smallest absolute Gasteiger partial charge is 0.267 e. The molecular formula is C19H19N3O3S2. The SMILES string of the molecule is COc1cccc(-n2c(SCC(N)=O)nc3sc4c(c3c2=O)CCCC4)c1. The van der Waals surface area contributed by atoms with Crippen molar-refractivity contribution in [2.75, 3.05) is 12.9 Å². The average molecular weight is 402 g/mol. The third kappa shape index (κ3) is 3.35. The normalized spacial score (nSPS) is 13.5. The minimum atomic E-state index is -0.447. The standard InChI is InChI=1S/C19H19N3O3S2/c1-25-12-6-4-5-11(9-12)22-18(24)16-13-7-2-3-8-14(13)27-17(16)21-19(22)26-10-15(20)23/h4-6,9H,2-3,7-8,10H2,1H3,(H2,20,23). The van der Waals surface area contributed by atoms with Crippen LogP contribution in [0.25, 0.3) is 15.9 Å². The van der Waals surface area contributed by atoms with E-state index in [2.05, 4.69) is 0 Å². The molecule has 6 nitrogen and oxygen atoms in total. The molecule has 2 aromatic heterocycles. The third-order valence-electron chi connectivity index (χ3n) is 4.61. The molecule has 2 N–H and O–H groups in total. The lowest BCUT2D eigenvalue weighted by molar-refractivity contribution is -0.115. The number of hydrogen-bond donors (Lipinski definition) is 1. The Bertz CT molecular complexity index is 1090. The van der Waals surface area contributed by atoms with Crippen LogP contribution in [-0.2, 0) is 17.6 Å². The van der Waals surface area contributed by atoms with Gasteiger partial charge < -0.3 is 10.5 Å². The third-order valence-corrected chi connectivity index (χ3v) is 6.76. The molecule has 4 rings (SSSR count). The lowest BCUT2D eigenvalue weighted by Crippen LogP contribution is -2.23. The fraction of sp³-hybridized carbons (Fsp3) is 0.316. The maximum absolute atomic E-state index is 13.5. The molecule has 0 aliphatic heterocycles. The number of aromatic nitrogens is 2. The Morgan fingerprint density at radius 3 is 2.96 bits per heavy atom. The van der Waals surface area contributed by atoms with Crippen molar-refractivity contribution in [2.24, 2.45) is 5.73 Å². The molecule has 3 aromatic rings. The molecular weight excluding hydrogens is 382 g/mol. The molecule has 0 radical (unpaired) electrons. The molecule has 1 aliphatic rings. The number of thioether (sulfide) groups is 1. The molecule has 0 fully saturated rings. The number of hydrogen-bond acceptors (Lipinski definition) is 6. The van der Waals surface area contributed by atoms with Crippen molar-refractivity contribution in [2.45, 2.75) is 30.8 Å². The van der Waals surface area contributed by atoms with E-state index in [0.29, 0.717) is 22.0 Å². The lowest BCUT2D eigenvalue weighted by atomic mass is 9.97. The zero-order chi connectivity index (χ0) is 19.0. The van der Waals surface area contributed by atoms with Gasteiger partial charge in [-0.05, 0) is 43.4 Å². The van der Waals surface area contributed by atoms with Crippen LogP contribution in [0.2, 0.25) is 0 Å². The van der Waals surface area contributed by atoms with Crippen LogP contribution in [0, 0.1) is 0 Å². The van der Waals surface area contributed by atoms with Crippen molar-refractivity contribution < 1.29 is 9.53 Å². The maximum Gasteiger partial charge on any atom is 0.267 e. The predicted octanol–water partition coefficient (Wildman–Crippen LogP) is 2.91. The van der Waals surface area contributed by atoms with E-state index >= 15 is 0 Å². The quantitative estimate of drug-likeness (QED) is 0.525. The largest absolute Gasteiger partial charge is 0.497 e. The van der Waals surface area contributed by atoms with Gasteiger partial charge in [0.15, 0.2) is 5.16 Å². The van der Waals surface area contributed by atoms with E-state index in [1.807, 2.05) is 18.2 Å². The van der Waals surface area contributed by atoms with Gasteiger partial charge in [0.05, 0.1) is 23.9 Å². The van der Waals surface area contributed by atoms with Crippen molar-refractivity contribution in [3.8, 4) is 11.4 Å². The molecule has 140 valence electrons. The molecule has 27 heavy (non-hydrogen) atoms. The number of primary amides is 1. The summed E-state index contributed by atoms with van der Waals surface area (Å²) in [7, 11) is 1.58. The van der Waals surface area contributed by atoms with E-state index in [-0.39, 0.29) is 11.3 Å². The summed E-state index contributed by atoms with van der Waals surface area (Å²) in [5.74, 6) is 0.266. The Kier molecular flexibility index (Phi) is 4.92. The number of fused-ring (bicyclic) bond motifs is 3. The highest BCUT2D eigenvalue weighted by Gasteiger charge is 2.23. The Labute approximate surface area is 164 Å². The number of rotatable bonds is 5. The Hall–Kier alpha value is -2.32. The summed E-state index contributed by atoms with van der Waals surface area (Å²) in [4.78, 5) is 31.5. The Morgan fingerprint density at radius 1 is 1.37 bits per heavy atom. The second-order valence-electron chi connectivity index (χ2n) is 6.38. The molecule has 8 heteroatoms. The summed E-state index contributed by atoms with van der Waals surface area (Å²) >= 11 is 2.78. The number of nitrogens with zero attached hydrogens (tertiary/aromatic N) is 2. The summed E-state index contributed by atoms with van der Waals surface area (Å²) in [6, 6.07) is 7.28. The topological polar surface area (TPSA) is 87.2 Å². The van der Waals surface area contributed by atoms with Gasteiger partial charge in [0.25, 0.3) is 5.56 Å². The number of carbonyl (C=O) groups excluding carboxylic acids is 1. The fourth-order valence-corrected chi connectivity index (χ4v) is 5.45. The highest BCUT2D eigenvalue weighted by molar-refractivity contribution is 7.99. The van der Waals surface area contributed by atoms with Gasteiger partial charge in [-0.15, -0.1) is 11.3 Å². The van der Waals surface area contributed by atoms with Gasteiger partial charge >= 0.3 is 0 Å². The van der Waals surface area contributed by atoms with Gasteiger partial charge in [-0.25, -0.2) is 4.98 Å². The number of amides is 1. The summed E-state index contributed by atoms with van der Waals surface area (Å²) in [6.45, 7) is 0. The molecule has 0 unspecified atom stereocenters. The maximum atomic E-state index is 13.5. The molecule has 1 amide bonds. The molecule has 0 atom stereocenters. The van der Waals surface area contributed by atoms with Gasteiger partial charge in [-0.3, -0.25) is 14.2 Å². The molecule has 0 saturated heterocycles. The minimum Gasteiger partial charge on any atom is -0.497 e. The first-order valence-electron chi connectivity index (χ1n) is 8.71. The van der Waals surface area contributed by atoms with Crippen LogP contribution in [0.15, 0.2) is 34.2 Å². The van der Waals surface area contributed by atoms with E-state index in [1.54, 1.807) is 29.1 Å². The van der Waals surface area contributed by atoms with Gasteiger partial charge in [-0.1, -0.05) is 17.8 Å². The zero-order valence-corrected chi connectivity index (χ0v) is 16.5. The molecule has 0 saturated carbocycles. The van der Waals surface area contributed by atoms with Crippen LogP contribution in [0.4, 0.5) is 0 Å². The van der Waals surface area contributed by atoms with E-state index in [0.717, 1.165) is 36.1 Å². The van der Waals surface area contributed by atoms with Crippen LogP contribution in [-0.4, -0.2) is 28.3 Å². The Balaban J connectivity index is 1.97. The van der Waals surface area contributed by atoms with Crippen molar-refractivity contribution >= 4 is 39.2 Å². The van der Waals surface area contributed by atoms with E-state index in [1.165, 1.54) is 16.6 Å². The van der Waals surface area contributed by atoms with E-state index in [9.17, 15) is 9.59 Å². The lowest BCUT2D eigenvalue weighted by Gasteiger charge is -2.14. The molecule has 1 aromatic carbocycles. The van der Waals surface area contributed by atoms with Crippen molar-refractivity contribution in [3.05, 3.63) is 45.1 Å². The number of aryl methyl sites for hydroxylation is 2. The second kappa shape index (κ2) is 7.36. The number of nitrogens with two attached hydrogens (primary N) is 1. The second-order valence-corrected chi connectivity index (χ2v) is 8.41. The minimum absolute atomic E-state index is 0.0625. The van der Waals surface area contributed by atoms with E-state index < -0.39 is 5.91 Å². The monoisotopic (exact) mass is 401 g/mol. The molecule has 0 bridgehead atoms. The van der Waals surface area contributed by atoms with Crippen LogP contribution in [0.5, 0.6) is 5.75 Å². The molecule has 0 spiro atoms. The van der Waals surface area contributed by atoms with Gasteiger partial charge in [-0.2, -0.15) is 0 Å². The van der Waals surface area contributed by atoms with Crippen molar-refractivity contribution in [1.29, 1.82) is 0 Å². The van der Waals surface area contributed by atoms with Crippen LogP contribution < -0.4 is 16.0 Å². The first-order valence-corrected chi connectivity index (χ1v) is 10.5. The number of thiophene rings is 1. The predicted molar refractivity (Wildman–Crippen MR) is 108 cm³/mol. The van der Waals surface area contributed by atoms with E-state index in [4.69, 9.17) is 15.5 Å². The fourth-order valence-electron chi connectivity index (χ4n) is 3.40. The zero-order valence-electron chi connectivity index (χ0n) is 14.9. The molecule has 2 heterocycles.